The first-order valence-electron chi connectivity index (χ1n) is 9.16. The van der Waals surface area contributed by atoms with Gasteiger partial charge in [-0.15, -0.1) is 0 Å². The standard InChI is InChI=1S/C23H34N/c1-16(2)11-20-15-24(8)22(13-19(20)14-23(5,6)7)21-10-9-17(3)12-18(21)4/h9-10,12-13,15-16H,11,14H2,1-8H3/q+1. The molecule has 0 aliphatic heterocycles. The predicted octanol–water partition coefficient (Wildman–Crippen LogP) is 5.58. The summed E-state index contributed by atoms with van der Waals surface area (Å²) in [5, 5.41) is 0. The molecule has 0 atom stereocenters. The Morgan fingerprint density at radius 3 is 2.21 bits per heavy atom. The van der Waals surface area contributed by atoms with Crippen molar-refractivity contribution in [3.63, 3.8) is 0 Å². The highest BCUT2D eigenvalue weighted by Gasteiger charge is 2.21. The number of benzene rings is 1. The zero-order chi connectivity index (χ0) is 18.1. The maximum Gasteiger partial charge on any atom is 0.212 e. The Morgan fingerprint density at radius 2 is 1.67 bits per heavy atom. The van der Waals surface area contributed by atoms with Crippen molar-refractivity contribution < 1.29 is 4.57 Å². The van der Waals surface area contributed by atoms with Crippen LogP contribution in [0.2, 0.25) is 0 Å². The number of aryl methyl sites for hydroxylation is 3. The van der Waals surface area contributed by atoms with Crippen LogP contribution in [-0.4, -0.2) is 0 Å². The van der Waals surface area contributed by atoms with Gasteiger partial charge in [-0.3, -0.25) is 0 Å². The molecule has 0 amide bonds. The van der Waals surface area contributed by atoms with E-state index < -0.39 is 0 Å². The van der Waals surface area contributed by atoms with Crippen LogP contribution in [0.15, 0.2) is 30.5 Å². The van der Waals surface area contributed by atoms with E-state index in [2.05, 4.69) is 90.5 Å². The highest BCUT2D eigenvalue weighted by Crippen LogP contribution is 2.28. The van der Waals surface area contributed by atoms with E-state index in [1.54, 1.807) is 0 Å². The van der Waals surface area contributed by atoms with Gasteiger partial charge in [0.15, 0.2) is 6.20 Å². The molecule has 0 spiro atoms. The zero-order valence-electron chi connectivity index (χ0n) is 16.8. The van der Waals surface area contributed by atoms with Crippen LogP contribution in [0.4, 0.5) is 0 Å². The van der Waals surface area contributed by atoms with Gasteiger partial charge in [-0.2, -0.15) is 0 Å². The molecule has 0 bridgehead atoms. The van der Waals surface area contributed by atoms with Crippen molar-refractivity contribution in [1.82, 2.24) is 0 Å². The Hall–Kier alpha value is -1.63. The van der Waals surface area contributed by atoms with Gasteiger partial charge in [0.2, 0.25) is 5.69 Å². The molecule has 0 aliphatic carbocycles. The van der Waals surface area contributed by atoms with Gasteiger partial charge in [-0.25, -0.2) is 4.57 Å². The predicted molar refractivity (Wildman–Crippen MR) is 104 cm³/mol. The molecule has 0 saturated heterocycles. The number of aromatic nitrogens is 1. The van der Waals surface area contributed by atoms with Crippen LogP contribution < -0.4 is 4.57 Å². The minimum atomic E-state index is 0.297. The monoisotopic (exact) mass is 324 g/mol. The van der Waals surface area contributed by atoms with Gasteiger partial charge >= 0.3 is 0 Å². The molecule has 0 radical (unpaired) electrons. The molecule has 1 heterocycles. The molecule has 130 valence electrons. The Bertz CT molecular complexity index is 718. The fourth-order valence-corrected chi connectivity index (χ4v) is 3.47. The van der Waals surface area contributed by atoms with E-state index in [9.17, 15) is 0 Å². The van der Waals surface area contributed by atoms with Crippen molar-refractivity contribution >= 4 is 0 Å². The van der Waals surface area contributed by atoms with E-state index in [-0.39, 0.29) is 0 Å². The van der Waals surface area contributed by atoms with Crippen LogP contribution >= 0.6 is 0 Å². The lowest BCUT2D eigenvalue weighted by Crippen LogP contribution is -2.33. The molecule has 0 fully saturated rings. The molecular formula is C23H34N+. The fourth-order valence-electron chi connectivity index (χ4n) is 3.47. The molecule has 24 heavy (non-hydrogen) atoms. The number of pyridine rings is 1. The van der Waals surface area contributed by atoms with E-state index in [1.807, 2.05) is 0 Å². The zero-order valence-corrected chi connectivity index (χ0v) is 16.8. The maximum atomic E-state index is 2.43. The summed E-state index contributed by atoms with van der Waals surface area (Å²) in [6.45, 7) is 16.0. The van der Waals surface area contributed by atoms with Crippen molar-refractivity contribution in [1.29, 1.82) is 0 Å². The summed E-state index contributed by atoms with van der Waals surface area (Å²) in [6, 6.07) is 9.19. The summed E-state index contributed by atoms with van der Waals surface area (Å²) in [5.74, 6) is 0.677. The topological polar surface area (TPSA) is 3.88 Å². The van der Waals surface area contributed by atoms with Gasteiger partial charge in [0.25, 0.3) is 0 Å². The number of rotatable bonds is 4. The van der Waals surface area contributed by atoms with Gasteiger partial charge in [0.05, 0.1) is 0 Å². The lowest BCUT2D eigenvalue weighted by Gasteiger charge is -2.21. The van der Waals surface area contributed by atoms with Gasteiger partial charge < -0.3 is 0 Å². The quantitative estimate of drug-likeness (QED) is 0.646. The van der Waals surface area contributed by atoms with E-state index in [0.29, 0.717) is 11.3 Å². The van der Waals surface area contributed by atoms with E-state index in [4.69, 9.17) is 0 Å². The van der Waals surface area contributed by atoms with E-state index >= 15 is 0 Å². The third-order valence-electron chi connectivity index (χ3n) is 4.46. The molecule has 1 nitrogen and oxygen atoms in total. The Morgan fingerprint density at radius 1 is 1.00 bits per heavy atom. The number of hydrogen-bond donors (Lipinski definition) is 0. The summed E-state index contributed by atoms with van der Waals surface area (Å²) < 4.78 is 2.31. The molecule has 0 aliphatic rings. The second-order valence-electron chi connectivity index (χ2n) is 8.97. The van der Waals surface area contributed by atoms with Gasteiger partial charge in [-0.05, 0) is 55.2 Å². The number of hydrogen-bond acceptors (Lipinski definition) is 0. The second kappa shape index (κ2) is 7.09. The number of nitrogens with zero attached hydrogens (tertiary/aromatic N) is 1. The normalized spacial score (nSPS) is 12.0. The molecule has 1 aromatic carbocycles. The first kappa shape index (κ1) is 18.7. The highest BCUT2D eigenvalue weighted by molar-refractivity contribution is 5.62. The van der Waals surface area contributed by atoms with Crippen molar-refractivity contribution in [3.05, 3.63) is 52.7 Å². The van der Waals surface area contributed by atoms with Crippen LogP contribution in [0.25, 0.3) is 11.3 Å². The van der Waals surface area contributed by atoms with Crippen LogP contribution in [0.5, 0.6) is 0 Å². The van der Waals surface area contributed by atoms with Crippen molar-refractivity contribution in [2.24, 2.45) is 18.4 Å². The minimum absolute atomic E-state index is 0.297. The van der Waals surface area contributed by atoms with Crippen molar-refractivity contribution in [3.8, 4) is 11.3 Å². The Kier molecular flexibility index (Phi) is 5.52. The van der Waals surface area contributed by atoms with Crippen LogP contribution in [0.3, 0.4) is 0 Å². The smallest absolute Gasteiger partial charge is 0.201 e. The average Bonchev–Trinajstić information content (AvgIpc) is 2.40. The SMILES string of the molecule is Cc1ccc(-c2cc(CC(C)(C)C)c(CC(C)C)c[n+]2C)c(C)c1. The highest BCUT2D eigenvalue weighted by atomic mass is 14.9. The summed E-state index contributed by atoms with van der Waals surface area (Å²) in [6.07, 6.45) is 4.62. The molecule has 2 aromatic rings. The molecule has 0 saturated carbocycles. The average molecular weight is 325 g/mol. The second-order valence-corrected chi connectivity index (χ2v) is 8.97. The van der Waals surface area contributed by atoms with Gasteiger partial charge in [0.1, 0.15) is 7.05 Å². The lowest BCUT2D eigenvalue weighted by atomic mass is 9.84. The fraction of sp³-hybridized carbons (Fsp3) is 0.522. The summed E-state index contributed by atoms with van der Waals surface area (Å²) >= 11 is 0. The third-order valence-corrected chi connectivity index (χ3v) is 4.46. The minimum Gasteiger partial charge on any atom is -0.201 e. The molecule has 1 aromatic heterocycles. The van der Waals surface area contributed by atoms with Crippen LogP contribution in [0, 0.1) is 25.2 Å². The van der Waals surface area contributed by atoms with Crippen LogP contribution in [0.1, 0.15) is 56.9 Å². The molecule has 2 rings (SSSR count). The molecular weight excluding hydrogens is 290 g/mol. The summed E-state index contributed by atoms with van der Waals surface area (Å²) in [4.78, 5) is 0. The van der Waals surface area contributed by atoms with Crippen LogP contribution in [-0.2, 0) is 19.9 Å². The van der Waals surface area contributed by atoms with Crippen molar-refractivity contribution in [2.45, 2.75) is 61.3 Å². The third kappa shape index (κ3) is 4.69. The van der Waals surface area contributed by atoms with Crippen molar-refractivity contribution in [2.75, 3.05) is 0 Å². The molecule has 0 N–H and O–H groups in total. The van der Waals surface area contributed by atoms with E-state index in [0.717, 1.165) is 12.8 Å². The largest absolute Gasteiger partial charge is 0.212 e. The first-order valence-corrected chi connectivity index (χ1v) is 9.16. The molecule has 1 heteroatoms. The Labute approximate surface area is 148 Å². The van der Waals surface area contributed by atoms with Gasteiger partial charge in [-0.1, -0.05) is 52.3 Å². The molecule has 0 unspecified atom stereocenters. The van der Waals surface area contributed by atoms with Gasteiger partial charge in [0, 0.05) is 17.2 Å². The summed E-state index contributed by atoms with van der Waals surface area (Å²) in [5.41, 5.74) is 8.63. The maximum absolute atomic E-state index is 2.43. The first-order chi connectivity index (χ1) is 11.1. The summed E-state index contributed by atoms with van der Waals surface area (Å²) in [7, 11) is 2.18. The Balaban J connectivity index is 2.59. The van der Waals surface area contributed by atoms with E-state index in [1.165, 1.54) is 33.5 Å². The lowest BCUT2D eigenvalue weighted by molar-refractivity contribution is -0.660.